The second-order valence-electron chi connectivity index (χ2n) is 5.04. The summed E-state index contributed by atoms with van der Waals surface area (Å²) in [6.45, 7) is 4.89. The van der Waals surface area contributed by atoms with E-state index in [0.29, 0.717) is 25.3 Å². The molecule has 1 fully saturated rings. The Morgan fingerprint density at radius 2 is 2.15 bits per heavy atom. The maximum Gasteiger partial charge on any atom is 0.293 e. The molecule has 0 spiro atoms. The van der Waals surface area contributed by atoms with Crippen LogP contribution < -0.4 is 10.9 Å². The van der Waals surface area contributed by atoms with Crippen LogP contribution in [0.25, 0.3) is 0 Å². The van der Waals surface area contributed by atoms with Gasteiger partial charge in [-0.25, -0.2) is 4.98 Å². The Labute approximate surface area is 118 Å². The summed E-state index contributed by atoms with van der Waals surface area (Å²) in [5.41, 5.74) is -0.122. The molecule has 20 heavy (non-hydrogen) atoms. The predicted octanol–water partition coefficient (Wildman–Crippen LogP) is 1.08. The lowest BCUT2D eigenvalue weighted by Gasteiger charge is -2.15. The second kappa shape index (κ2) is 7.07. The molecule has 6 heteroatoms. The third-order valence-electron chi connectivity index (χ3n) is 3.47. The minimum atomic E-state index is -0.122. The molecule has 2 rings (SSSR count). The third-order valence-corrected chi connectivity index (χ3v) is 3.47. The number of nitrogens with one attached hydrogen (secondary N) is 1. The first-order valence-electron chi connectivity index (χ1n) is 7.29. The van der Waals surface area contributed by atoms with Crippen LogP contribution in [0.4, 0.5) is 5.82 Å². The van der Waals surface area contributed by atoms with Gasteiger partial charge in [0.05, 0.1) is 0 Å². The number of nitrogens with zero attached hydrogens (tertiary/aromatic N) is 3. The van der Waals surface area contributed by atoms with E-state index >= 15 is 0 Å². The quantitative estimate of drug-likeness (QED) is 0.845. The van der Waals surface area contributed by atoms with Gasteiger partial charge in [0.1, 0.15) is 0 Å². The van der Waals surface area contributed by atoms with Crippen molar-refractivity contribution in [3.05, 3.63) is 22.7 Å². The molecule has 1 aliphatic heterocycles. The lowest BCUT2D eigenvalue weighted by Crippen LogP contribution is -2.30. The van der Waals surface area contributed by atoms with Crippen LogP contribution in [0.15, 0.2) is 17.2 Å². The maximum absolute atomic E-state index is 12.0. The van der Waals surface area contributed by atoms with Gasteiger partial charge in [-0.05, 0) is 19.3 Å². The second-order valence-corrected chi connectivity index (χ2v) is 5.04. The van der Waals surface area contributed by atoms with Gasteiger partial charge in [0.25, 0.3) is 5.56 Å². The van der Waals surface area contributed by atoms with Crippen LogP contribution in [0.1, 0.15) is 32.6 Å². The van der Waals surface area contributed by atoms with E-state index in [1.54, 1.807) is 17.0 Å². The van der Waals surface area contributed by atoms with E-state index in [0.717, 1.165) is 32.4 Å². The van der Waals surface area contributed by atoms with E-state index in [1.807, 2.05) is 11.8 Å². The summed E-state index contributed by atoms with van der Waals surface area (Å²) in [4.78, 5) is 29.8. The van der Waals surface area contributed by atoms with Gasteiger partial charge < -0.3 is 14.8 Å². The molecule has 110 valence electrons. The number of carbonyl (C=O) groups is 1. The van der Waals surface area contributed by atoms with Crippen LogP contribution in [0.3, 0.4) is 0 Å². The van der Waals surface area contributed by atoms with Crippen molar-refractivity contribution < 1.29 is 4.79 Å². The van der Waals surface area contributed by atoms with Crippen molar-refractivity contribution in [2.75, 3.05) is 25.0 Å². The molecule has 0 radical (unpaired) electrons. The number of likely N-dealkylation sites (tertiary alicyclic amines) is 1. The van der Waals surface area contributed by atoms with Crippen LogP contribution in [-0.2, 0) is 11.3 Å². The van der Waals surface area contributed by atoms with Crippen molar-refractivity contribution in [2.24, 2.45) is 0 Å². The summed E-state index contributed by atoms with van der Waals surface area (Å²) in [6, 6.07) is 0. The number of aryl methyl sites for hydroxylation is 1. The van der Waals surface area contributed by atoms with Crippen LogP contribution in [0, 0.1) is 0 Å². The molecular formula is C14H22N4O2. The molecule has 1 N–H and O–H groups in total. The first kappa shape index (κ1) is 14.6. The van der Waals surface area contributed by atoms with Gasteiger partial charge in [0.15, 0.2) is 5.82 Å². The molecule has 0 aromatic carbocycles. The van der Waals surface area contributed by atoms with Gasteiger partial charge in [-0.3, -0.25) is 9.59 Å². The average molecular weight is 278 g/mol. The Balaban J connectivity index is 1.86. The highest BCUT2D eigenvalue weighted by Crippen LogP contribution is 2.08. The number of anilines is 1. The summed E-state index contributed by atoms with van der Waals surface area (Å²) >= 11 is 0. The van der Waals surface area contributed by atoms with E-state index in [-0.39, 0.29) is 11.5 Å². The molecule has 1 aromatic heterocycles. The molecule has 1 aliphatic rings. The van der Waals surface area contributed by atoms with Gasteiger partial charge >= 0.3 is 0 Å². The van der Waals surface area contributed by atoms with Gasteiger partial charge in [-0.2, -0.15) is 0 Å². The lowest BCUT2D eigenvalue weighted by molar-refractivity contribution is -0.129. The number of rotatable bonds is 6. The minimum Gasteiger partial charge on any atom is -0.365 e. The largest absolute Gasteiger partial charge is 0.365 e. The van der Waals surface area contributed by atoms with Gasteiger partial charge in [-0.15, -0.1) is 0 Å². The summed E-state index contributed by atoms with van der Waals surface area (Å²) in [5.74, 6) is 0.481. The van der Waals surface area contributed by atoms with Crippen molar-refractivity contribution in [3.8, 4) is 0 Å². The molecule has 0 aliphatic carbocycles. The highest BCUT2D eigenvalue weighted by Gasteiger charge is 2.17. The normalized spacial score (nSPS) is 14.6. The molecule has 1 amide bonds. The maximum atomic E-state index is 12.0. The summed E-state index contributed by atoms with van der Waals surface area (Å²) in [5, 5.41) is 2.97. The Bertz CT molecular complexity index is 506. The molecule has 1 saturated heterocycles. The monoisotopic (exact) mass is 278 g/mol. The first-order chi connectivity index (χ1) is 9.72. The molecule has 2 heterocycles. The lowest BCUT2D eigenvalue weighted by atomic mass is 10.3. The van der Waals surface area contributed by atoms with E-state index in [2.05, 4.69) is 10.3 Å². The predicted molar refractivity (Wildman–Crippen MR) is 77.7 cm³/mol. The van der Waals surface area contributed by atoms with E-state index in [9.17, 15) is 9.59 Å². The molecule has 0 atom stereocenters. The first-order valence-corrected chi connectivity index (χ1v) is 7.29. The Kier molecular flexibility index (Phi) is 5.15. The Hall–Kier alpha value is -1.85. The standard InChI is InChI=1S/C14H22N4O2/c1-2-8-18-11-7-16-13(14(18)20)15-6-5-12(19)17-9-3-4-10-17/h7,11H,2-6,8-10H2,1H3,(H,15,16). The van der Waals surface area contributed by atoms with E-state index in [4.69, 9.17) is 0 Å². The topological polar surface area (TPSA) is 67.2 Å². The highest BCUT2D eigenvalue weighted by molar-refractivity contribution is 5.76. The fourth-order valence-electron chi connectivity index (χ4n) is 2.40. The zero-order valence-electron chi connectivity index (χ0n) is 12.0. The van der Waals surface area contributed by atoms with Gasteiger partial charge in [0.2, 0.25) is 5.91 Å². The summed E-state index contributed by atoms with van der Waals surface area (Å²) in [7, 11) is 0. The molecule has 6 nitrogen and oxygen atoms in total. The number of hydrogen-bond donors (Lipinski definition) is 1. The molecule has 0 unspecified atom stereocenters. The zero-order chi connectivity index (χ0) is 14.4. The smallest absolute Gasteiger partial charge is 0.293 e. The molecule has 1 aromatic rings. The van der Waals surface area contributed by atoms with Crippen molar-refractivity contribution in [1.29, 1.82) is 0 Å². The van der Waals surface area contributed by atoms with E-state index in [1.165, 1.54) is 0 Å². The Morgan fingerprint density at radius 3 is 2.85 bits per heavy atom. The fraction of sp³-hybridized carbons (Fsp3) is 0.643. The SMILES string of the molecule is CCCn1ccnc(NCCC(=O)N2CCCC2)c1=O. The fourth-order valence-corrected chi connectivity index (χ4v) is 2.40. The number of carbonyl (C=O) groups excluding carboxylic acids is 1. The van der Waals surface area contributed by atoms with Gasteiger partial charge in [0, 0.05) is 45.0 Å². The molecule has 0 bridgehead atoms. The third kappa shape index (κ3) is 3.59. The zero-order valence-corrected chi connectivity index (χ0v) is 12.0. The summed E-state index contributed by atoms with van der Waals surface area (Å²) in [6.07, 6.45) is 6.80. The van der Waals surface area contributed by atoms with Crippen LogP contribution in [0.2, 0.25) is 0 Å². The molecular weight excluding hydrogens is 256 g/mol. The number of amides is 1. The van der Waals surface area contributed by atoms with Crippen molar-refractivity contribution in [2.45, 2.75) is 39.2 Å². The van der Waals surface area contributed by atoms with Crippen LogP contribution in [0.5, 0.6) is 0 Å². The highest BCUT2D eigenvalue weighted by atomic mass is 16.2. The van der Waals surface area contributed by atoms with Crippen LogP contribution in [-0.4, -0.2) is 40.0 Å². The average Bonchev–Trinajstić information content (AvgIpc) is 2.97. The van der Waals surface area contributed by atoms with Crippen molar-refractivity contribution in [3.63, 3.8) is 0 Å². The number of hydrogen-bond acceptors (Lipinski definition) is 4. The summed E-state index contributed by atoms with van der Waals surface area (Å²) < 4.78 is 1.64. The molecule has 0 saturated carbocycles. The van der Waals surface area contributed by atoms with Gasteiger partial charge in [-0.1, -0.05) is 6.92 Å². The van der Waals surface area contributed by atoms with Crippen LogP contribution >= 0.6 is 0 Å². The van der Waals surface area contributed by atoms with E-state index < -0.39 is 0 Å². The number of aromatic nitrogens is 2. The minimum absolute atomic E-state index is 0.122. The van der Waals surface area contributed by atoms with Crippen molar-refractivity contribution in [1.82, 2.24) is 14.5 Å². The Morgan fingerprint density at radius 1 is 1.40 bits per heavy atom. The van der Waals surface area contributed by atoms with Crippen molar-refractivity contribution >= 4 is 11.7 Å².